The van der Waals surface area contributed by atoms with E-state index in [1.165, 1.54) is 36.8 Å². The Kier molecular flexibility index (Phi) is 15.5. The van der Waals surface area contributed by atoms with Gasteiger partial charge in [-0.05, 0) is 70.3 Å². The zero-order chi connectivity index (χ0) is 24.0. The second kappa shape index (κ2) is 13.8. The third-order valence-corrected chi connectivity index (χ3v) is 6.79. The van der Waals surface area contributed by atoms with Crippen LogP contribution in [-0.2, 0) is 10.8 Å². The highest BCUT2D eigenvalue weighted by Gasteiger charge is 2.33. The van der Waals surface area contributed by atoms with Crippen LogP contribution in [0.3, 0.4) is 0 Å². The molecule has 1 aliphatic rings. The van der Waals surface area contributed by atoms with Crippen molar-refractivity contribution in [2.45, 2.75) is 148 Å². The Morgan fingerprint density at radius 1 is 0.469 bits per heavy atom. The third kappa shape index (κ3) is 12.5. The lowest BCUT2D eigenvalue weighted by atomic mass is 9.64. The van der Waals surface area contributed by atoms with Crippen LogP contribution in [0.2, 0.25) is 0 Å². The van der Waals surface area contributed by atoms with Crippen LogP contribution in [0.1, 0.15) is 149 Å². The monoisotopic (exact) mass is 449 g/mol. The van der Waals surface area contributed by atoms with Crippen LogP contribution in [-0.4, -0.2) is 0 Å². The van der Waals surface area contributed by atoms with Crippen molar-refractivity contribution in [2.24, 2.45) is 22.7 Å². The van der Waals surface area contributed by atoms with Crippen molar-refractivity contribution < 1.29 is 0 Å². The molecule has 32 heavy (non-hydrogen) atoms. The first-order valence-corrected chi connectivity index (χ1v) is 12.5. The van der Waals surface area contributed by atoms with E-state index in [-0.39, 0.29) is 25.7 Å². The van der Waals surface area contributed by atoms with Gasteiger partial charge < -0.3 is 0 Å². The first-order valence-electron chi connectivity index (χ1n) is 12.5. The van der Waals surface area contributed by atoms with Crippen molar-refractivity contribution in [3.63, 3.8) is 0 Å². The minimum absolute atomic E-state index is 0. The molecule has 0 aliphatic heterocycles. The zero-order valence-electron chi connectivity index (χ0n) is 23.3. The summed E-state index contributed by atoms with van der Waals surface area (Å²) in [5.74, 6) is 1.92. The van der Waals surface area contributed by atoms with Gasteiger partial charge >= 0.3 is 0 Å². The fourth-order valence-electron chi connectivity index (χ4n) is 4.30. The van der Waals surface area contributed by atoms with E-state index in [1.807, 2.05) is 13.8 Å². The molecule has 1 aromatic carbocycles. The fourth-order valence-corrected chi connectivity index (χ4v) is 4.30. The normalized spacial score (nSPS) is 19.2. The zero-order valence-corrected chi connectivity index (χ0v) is 23.3. The van der Waals surface area contributed by atoms with Crippen LogP contribution < -0.4 is 0 Å². The average Bonchev–Trinajstić information content (AvgIpc) is 2.61. The van der Waals surface area contributed by atoms with Crippen LogP contribution in [0.25, 0.3) is 0 Å². The van der Waals surface area contributed by atoms with Crippen LogP contribution in [0.15, 0.2) is 24.3 Å². The highest BCUT2D eigenvalue weighted by molar-refractivity contribution is 5.30. The summed E-state index contributed by atoms with van der Waals surface area (Å²) in [5, 5.41) is 0. The predicted octanol–water partition coefficient (Wildman–Crippen LogP) is 11.5. The molecule has 1 fully saturated rings. The molecular formula is C32H64. The average molecular weight is 449 g/mol. The number of hydrogen-bond donors (Lipinski definition) is 0. The summed E-state index contributed by atoms with van der Waals surface area (Å²) in [4.78, 5) is 0. The van der Waals surface area contributed by atoms with Crippen molar-refractivity contribution in [3.8, 4) is 0 Å². The van der Waals surface area contributed by atoms with E-state index in [2.05, 4.69) is 107 Å². The maximum absolute atomic E-state index is 2.40. The van der Waals surface area contributed by atoms with Gasteiger partial charge in [0.25, 0.3) is 0 Å². The molecule has 192 valence electrons. The highest BCUT2D eigenvalue weighted by atomic mass is 14.4. The molecule has 0 N–H and O–H groups in total. The Labute approximate surface area is 206 Å². The molecule has 0 radical (unpaired) electrons. The summed E-state index contributed by atoms with van der Waals surface area (Å²) in [5.41, 5.74) is 4.40. The maximum atomic E-state index is 2.40. The van der Waals surface area contributed by atoms with Gasteiger partial charge in [-0.2, -0.15) is 0 Å². The molecule has 0 aromatic heterocycles. The van der Waals surface area contributed by atoms with Crippen LogP contribution >= 0.6 is 0 Å². The first kappa shape index (κ1) is 35.8. The second-order valence-corrected chi connectivity index (χ2v) is 13.4. The molecule has 0 heterocycles. The van der Waals surface area contributed by atoms with Crippen LogP contribution in [0, 0.1) is 22.7 Å². The standard InChI is InChI=1S/C14H28.C14H22.C2H6.2CH4/c2*1-13(2,3)11-7-9-12(10-8-11)14(4,5)6;1-2;;/h11-12H,7-10H2,1-6H3;7-10H,1-6H3;1-2H3;2*1H4. The largest absolute Gasteiger partial charge is 0.0776 e. The van der Waals surface area contributed by atoms with Gasteiger partial charge in [-0.25, -0.2) is 0 Å². The third-order valence-electron chi connectivity index (χ3n) is 6.79. The molecule has 0 bridgehead atoms. The summed E-state index contributed by atoms with van der Waals surface area (Å²) in [7, 11) is 0. The summed E-state index contributed by atoms with van der Waals surface area (Å²) in [6.45, 7) is 31.9. The SMILES string of the molecule is C.C.CC.CC(C)(C)C1CCC(C(C)(C)C)CC1.CC(C)(C)c1ccc(C(C)(C)C)cc1. The van der Waals surface area contributed by atoms with Crippen molar-refractivity contribution >= 4 is 0 Å². The number of hydrogen-bond acceptors (Lipinski definition) is 0. The van der Waals surface area contributed by atoms with E-state index in [9.17, 15) is 0 Å². The molecule has 1 aliphatic carbocycles. The van der Waals surface area contributed by atoms with Crippen LogP contribution in [0.5, 0.6) is 0 Å². The number of rotatable bonds is 0. The number of benzene rings is 1. The highest BCUT2D eigenvalue weighted by Crippen LogP contribution is 2.45. The van der Waals surface area contributed by atoms with Gasteiger partial charge in [-0.3, -0.25) is 0 Å². The Hall–Kier alpha value is -0.780. The topological polar surface area (TPSA) is 0 Å². The molecule has 0 heteroatoms. The molecule has 0 spiro atoms. The second-order valence-electron chi connectivity index (χ2n) is 13.4. The van der Waals surface area contributed by atoms with Gasteiger partial charge in [0.05, 0.1) is 0 Å². The molecule has 0 amide bonds. The minimum Gasteiger partial charge on any atom is -0.0776 e. The van der Waals surface area contributed by atoms with Gasteiger partial charge in [-0.1, -0.05) is 136 Å². The molecule has 0 unspecified atom stereocenters. The fraction of sp³-hybridized carbons (Fsp3) is 0.812. The van der Waals surface area contributed by atoms with E-state index >= 15 is 0 Å². The summed E-state index contributed by atoms with van der Waals surface area (Å²) < 4.78 is 0. The molecule has 1 saturated carbocycles. The lowest BCUT2D eigenvalue weighted by molar-refractivity contribution is 0.0970. The molecule has 0 saturated heterocycles. The molecule has 0 atom stereocenters. The van der Waals surface area contributed by atoms with Gasteiger partial charge in [0, 0.05) is 0 Å². The Morgan fingerprint density at radius 3 is 0.781 bits per heavy atom. The first-order chi connectivity index (χ1) is 13.4. The van der Waals surface area contributed by atoms with Gasteiger partial charge in [-0.15, -0.1) is 0 Å². The molecule has 1 aromatic rings. The Morgan fingerprint density at radius 2 is 0.656 bits per heavy atom. The van der Waals surface area contributed by atoms with Crippen molar-refractivity contribution in [1.29, 1.82) is 0 Å². The summed E-state index contributed by atoms with van der Waals surface area (Å²) >= 11 is 0. The maximum Gasteiger partial charge on any atom is -0.0132 e. The van der Waals surface area contributed by atoms with Gasteiger partial charge in [0.15, 0.2) is 0 Å². The predicted molar refractivity (Wildman–Crippen MR) is 153 cm³/mol. The van der Waals surface area contributed by atoms with Crippen molar-refractivity contribution in [2.75, 3.05) is 0 Å². The van der Waals surface area contributed by atoms with Crippen molar-refractivity contribution in [3.05, 3.63) is 35.4 Å². The van der Waals surface area contributed by atoms with E-state index < -0.39 is 0 Å². The molecule has 2 rings (SSSR count). The Balaban J connectivity index is -0.000000461. The van der Waals surface area contributed by atoms with E-state index in [1.54, 1.807) is 0 Å². The Bertz CT molecular complexity index is 512. The summed E-state index contributed by atoms with van der Waals surface area (Å²) in [6, 6.07) is 9.00. The van der Waals surface area contributed by atoms with Crippen LogP contribution in [0.4, 0.5) is 0 Å². The van der Waals surface area contributed by atoms with Crippen molar-refractivity contribution in [1.82, 2.24) is 0 Å². The van der Waals surface area contributed by atoms with E-state index in [0.29, 0.717) is 10.8 Å². The summed E-state index contributed by atoms with van der Waals surface area (Å²) in [6.07, 6.45) is 5.80. The smallest absolute Gasteiger partial charge is 0.0132 e. The van der Waals surface area contributed by atoms with E-state index in [4.69, 9.17) is 0 Å². The molecule has 0 nitrogen and oxygen atoms in total. The lowest BCUT2D eigenvalue weighted by Gasteiger charge is -2.41. The van der Waals surface area contributed by atoms with Gasteiger partial charge in [0.1, 0.15) is 0 Å². The lowest BCUT2D eigenvalue weighted by Crippen LogP contribution is -2.30. The van der Waals surface area contributed by atoms with Gasteiger partial charge in [0.2, 0.25) is 0 Å². The molecular weight excluding hydrogens is 384 g/mol. The minimum atomic E-state index is 0. The quantitative estimate of drug-likeness (QED) is 0.370. The van der Waals surface area contributed by atoms with E-state index in [0.717, 1.165) is 11.8 Å².